The number of hydrogen-bond donors (Lipinski definition) is 1. The van der Waals surface area contributed by atoms with Crippen LogP contribution >= 0.6 is 0 Å². The lowest BCUT2D eigenvalue weighted by Gasteiger charge is -2.14. The zero-order chi connectivity index (χ0) is 8.69. The second-order valence-corrected chi connectivity index (χ2v) is 3.21. The van der Waals surface area contributed by atoms with Gasteiger partial charge in [0.05, 0.1) is 0 Å². The van der Waals surface area contributed by atoms with Gasteiger partial charge in [-0.3, -0.25) is 0 Å². The number of hydrogen-bond acceptors (Lipinski definition) is 2. The molecule has 2 heteroatoms. The Labute approximate surface area is 70.8 Å². The summed E-state index contributed by atoms with van der Waals surface area (Å²) in [5.41, 5.74) is 5.78. The van der Waals surface area contributed by atoms with E-state index < -0.39 is 0 Å². The molecule has 0 aliphatic carbocycles. The van der Waals surface area contributed by atoms with Crippen molar-refractivity contribution in [1.82, 2.24) is 4.90 Å². The molecule has 2 nitrogen and oxygen atoms in total. The van der Waals surface area contributed by atoms with Gasteiger partial charge in [0.2, 0.25) is 0 Å². The van der Waals surface area contributed by atoms with Crippen molar-refractivity contribution in [3.05, 3.63) is 0 Å². The lowest BCUT2D eigenvalue weighted by atomic mass is 10.1. The van der Waals surface area contributed by atoms with Crippen LogP contribution in [-0.2, 0) is 0 Å². The maximum absolute atomic E-state index is 5.78. The summed E-state index contributed by atoms with van der Waals surface area (Å²) in [5, 5.41) is 0. The summed E-state index contributed by atoms with van der Waals surface area (Å²) in [5.74, 6) is 0. The molecule has 0 aliphatic rings. The van der Waals surface area contributed by atoms with E-state index in [-0.39, 0.29) is 0 Å². The van der Waals surface area contributed by atoms with Crippen LogP contribution < -0.4 is 5.73 Å². The highest BCUT2D eigenvalue weighted by Gasteiger charge is 1.99. The molecule has 1 atom stereocenters. The lowest BCUT2D eigenvalue weighted by Crippen LogP contribution is -2.23. The monoisotopic (exact) mass is 158 g/mol. The van der Waals surface area contributed by atoms with Crippen LogP contribution in [0.2, 0.25) is 0 Å². The van der Waals surface area contributed by atoms with Crippen LogP contribution in [0.1, 0.15) is 33.1 Å². The summed E-state index contributed by atoms with van der Waals surface area (Å²) in [7, 11) is 2.15. The molecule has 0 aromatic heterocycles. The average molecular weight is 158 g/mol. The Morgan fingerprint density at radius 1 is 1.36 bits per heavy atom. The third-order valence-corrected chi connectivity index (χ3v) is 2.18. The predicted molar refractivity (Wildman–Crippen MR) is 50.7 cm³/mol. The van der Waals surface area contributed by atoms with E-state index in [9.17, 15) is 0 Å². The molecular weight excluding hydrogens is 136 g/mol. The second-order valence-electron chi connectivity index (χ2n) is 3.21. The molecule has 0 rings (SSSR count). The number of nitrogens with zero attached hydrogens (tertiary/aromatic N) is 1. The van der Waals surface area contributed by atoms with E-state index in [2.05, 4.69) is 25.8 Å². The van der Waals surface area contributed by atoms with E-state index in [1.807, 2.05) is 0 Å². The summed E-state index contributed by atoms with van der Waals surface area (Å²) in [6.45, 7) is 6.65. The van der Waals surface area contributed by atoms with Crippen LogP contribution in [0.15, 0.2) is 0 Å². The Balaban J connectivity index is 3.13. The van der Waals surface area contributed by atoms with Gasteiger partial charge < -0.3 is 10.6 Å². The van der Waals surface area contributed by atoms with Crippen molar-refractivity contribution >= 4 is 0 Å². The predicted octanol–water partition coefficient (Wildman–Crippen LogP) is 1.46. The molecule has 1 unspecified atom stereocenters. The molecule has 0 aliphatic heterocycles. The van der Waals surface area contributed by atoms with E-state index in [1.54, 1.807) is 0 Å². The molecular formula is C9H22N2. The largest absolute Gasteiger partial charge is 0.328 e. The maximum Gasteiger partial charge on any atom is 0.00366 e. The lowest BCUT2D eigenvalue weighted by molar-refractivity contribution is 0.336. The van der Waals surface area contributed by atoms with Gasteiger partial charge in [-0.15, -0.1) is 0 Å². The van der Waals surface area contributed by atoms with Gasteiger partial charge in [0.25, 0.3) is 0 Å². The van der Waals surface area contributed by atoms with E-state index in [1.165, 1.54) is 19.4 Å². The highest BCUT2D eigenvalue weighted by Crippen LogP contribution is 1.98. The van der Waals surface area contributed by atoms with Crippen molar-refractivity contribution in [3.8, 4) is 0 Å². The molecule has 68 valence electrons. The van der Waals surface area contributed by atoms with Gasteiger partial charge in [-0.2, -0.15) is 0 Å². The van der Waals surface area contributed by atoms with Gasteiger partial charge in [0.1, 0.15) is 0 Å². The van der Waals surface area contributed by atoms with Gasteiger partial charge in [-0.05, 0) is 39.4 Å². The Kier molecular flexibility index (Phi) is 6.57. The highest BCUT2D eigenvalue weighted by atomic mass is 15.1. The minimum absolute atomic E-state index is 0.417. The molecule has 11 heavy (non-hydrogen) atoms. The van der Waals surface area contributed by atoms with Crippen LogP contribution in [-0.4, -0.2) is 31.1 Å². The molecule has 2 N–H and O–H groups in total. The van der Waals surface area contributed by atoms with Crippen molar-refractivity contribution in [2.24, 2.45) is 5.73 Å². The topological polar surface area (TPSA) is 29.3 Å². The van der Waals surface area contributed by atoms with Gasteiger partial charge in [-0.25, -0.2) is 0 Å². The minimum Gasteiger partial charge on any atom is -0.328 e. The minimum atomic E-state index is 0.417. The fourth-order valence-electron chi connectivity index (χ4n) is 0.986. The third kappa shape index (κ3) is 6.32. The summed E-state index contributed by atoms with van der Waals surface area (Å²) in [6, 6.07) is 0.417. The molecule has 0 saturated heterocycles. The molecule has 0 aromatic rings. The average Bonchev–Trinajstić information content (AvgIpc) is 2.04. The van der Waals surface area contributed by atoms with Crippen molar-refractivity contribution in [2.75, 3.05) is 20.1 Å². The fraction of sp³-hybridized carbons (Fsp3) is 1.00. The second kappa shape index (κ2) is 6.62. The molecule has 0 radical (unpaired) electrons. The van der Waals surface area contributed by atoms with Crippen LogP contribution in [0, 0.1) is 0 Å². The van der Waals surface area contributed by atoms with Crippen molar-refractivity contribution in [1.29, 1.82) is 0 Å². The summed E-state index contributed by atoms with van der Waals surface area (Å²) >= 11 is 0. The van der Waals surface area contributed by atoms with Gasteiger partial charge in [0, 0.05) is 6.04 Å². The highest BCUT2D eigenvalue weighted by molar-refractivity contribution is 4.59. The van der Waals surface area contributed by atoms with E-state index >= 15 is 0 Å². The van der Waals surface area contributed by atoms with Crippen molar-refractivity contribution in [2.45, 2.75) is 39.2 Å². The first-order valence-corrected chi connectivity index (χ1v) is 4.64. The first kappa shape index (κ1) is 10.9. The van der Waals surface area contributed by atoms with Crippen LogP contribution in [0.25, 0.3) is 0 Å². The first-order chi connectivity index (χ1) is 5.20. The van der Waals surface area contributed by atoms with E-state index in [0.29, 0.717) is 6.04 Å². The number of rotatable bonds is 6. The van der Waals surface area contributed by atoms with E-state index in [4.69, 9.17) is 5.73 Å². The molecule has 0 heterocycles. The van der Waals surface area contributed by atoms with Crippen LogP contribution in [0.5, 0.6) is 0 Å². The summed E-state index contributed by atoms with van der Waals surface area (Å²) < 4.78 is 0. The fourth-order valence-corrected chi connectivity index (χ4v) is 0.986. The SMILES string of the molecule is CCC(N)CCCN(C)CC. The molecule has 0 aromatic carbocycles. The summed E-state index contributed by atoms with van der Waals surface area (Å²) in [4.78, 5) is 2.32. The smallest absolute Gasteiger partial charge is 0.00366 e. The Hall–Kier alpha value is -0.0800. The van der Waals surface area contributed by atoms with Crippen molar-refractivity contribution < 1.29 is 0 Å². The molecule has 0 fully saturated rings. The summed E-state index contributed by atoms with van der Waals surface area (Å²) in [6.07, 6.45) is 3.51. The third-order valence-electron chi connectivity index (χ3n) is 2.18. The Bertz CT molecular complexity index is 73.6. The molecule has 0 spiro atoms. The Morgan fingerprint density at radius 3 is 2.45 bits per heavy atom. The van der Waals surface area contributed by atoms with E-state index in [0.717, 1.165) is 13.0 Å². The van der Waals surface area contributed by atoms with Crippen molar-refractivity contribution in [3.63, 3.8) is 0 Å². The molecule has 0 saturated carbocycles. The van der Waals surface area contributed by atoms with Crippen LogP contribution in [0.4, 0.5) is 0 Å². The first-order valence-electron chi connectivity index (χ1n) is 4.64. The molecule has 0 amide bonds. The zero-order valence-corrected chi connectivity index (χ0v) is 8.14. The normalized spacial score (nSPS) is 13.9. The number of nitrogens with two attached hydrogens (primary N) is 1. The standard InChI is InChI=1S/C9H22N2/c1-4-9(10)7-6-8-11(3)5-2/h9H,4-8,10H2,1-3H3. The maximum atomic E-state index is 5.78. The Morgan fingerprint density at radius 2 is 2.00 bits per heavy atom. The van der Waals surface area contributed by atoms with Crippen LogP contribution in [0.3, 0.4) is 0 Å². The quantitative estimate of drug-likeness (QED) is 0.634. The van der Waals surface area contributed by atoms with Gasteiger partial charge in [-0.1, -0.05) is 13.8 Å². The van der Waals surface area contributed by atoms with Gasteiger partial charge >= 0.3 is 0 Å². The molecule has 0 bridgehead atoms. The van der Waals surface area contributed by atoms with Gasteiger partial charge in [0.15, 0.2) is 0 Å². The zero-order valence-electron chi connectivity index (χ0n) is 8.14.